The maximum atomic E-state index is 10.9. The molecular weight excluding hydrogens is 216 g/mol. The molecular formula is C13H26N2O2. The van der Waals surface area contributed by atoms with Crippen molar-refractivity contribution < 1.29 is 9.90 Å². The molecule has 2 atom stereocenters. The SMILES string of the molecule is CCCN(CC1CCCNC1)CC(C)C(=O)O. The van der Waals surface area contributed by atoms with Gasteiger partial charge in [0, 0.05) is 13.1 Å². The molecule has 1 saturated heterocycles. The van der Waals surface area contributed by atoms with Gasteiger partial charge in [-0.1, -0.05) is 13.8 Å². The van der Waals surface area contributed by atoms with Crippen molar-refractivity contribution in [3.05, 3.63) is 0 Å². The van der Waals surface area contributed by atoms with Crippen LogP contribution in [-0.4, -0.2) is 48.7 Å². The number of nitrogens with one attached hydrogen (secondary N) is 1. The molecule has 1 aliphatic rings. The van der Waals surface area contributed by atoms with E-state index in [-0.39, 0.29) is 5.92 Å². The molecule has 1 rings (SSSR count). The smallest absolute Gasteiger partial charge is 0.307 e. The largest absolute Gasteiger partial charge is 0.481 e. The normalized spacial score (nSPS) is 22.6. The van der Waals surface area contributed by atoms with Gasteiger partial charge in [-0.25, -0.2) is 0 Å². The van der Waals surface area contributed by atoms with Crippen LogP contribution in [0.25, 0.3) is 0 Å². The molecule has 100 valence electrons. The van der Waals surface area contributed by atoms with Crippen LogP contribution in [0, 0.1) is 11.8 Å². The van der Waals surface area contributed by atoms with Gasteiger partial charge in [-0.3, -0.25) is 4.79 Å². The summed E-state index contributed by atoms with van der Waals surface area (Å²) in [5.74, 6) is -0.262. The van der Waals surface area contributed by atoms with Crippen molar-refractivity contribution in [2.45, 2.75) is 33.1 Å². The molecule has 0 radical (unpaired) electrons. The highest BCUT2D eigenvalue weighted by Gasteiger charge is 2.20. The Labute approximate surface area is 104 Å². The number of aliphatic carboxylic acids is 1. The predicted molar refractivity (Wildman–Crippen MR) is 69.1 cm³/mol. The molecule has 0 aliphatic carbocycles. The lowest BCUT2D eigenvalue weighted by Crippen LogP contribution is -2.41. The minimum absolute atomic E-state index is 0.266. The first kappa shape index (κ1) is 14.5. The first-order chi connectivity index (χ1) is 8.13. The Kier molecular flexibility index (Phi) is 6.52. The molecule has 4 heteroatoms. The van der Waals surface area contributed by atoms with E-state index in [0.717, 1.165) is 32.6 Å². The van der Waals surface area contributed by atoms with E-state index in [2.05, 4.69) is 17.1 Å². The Bertz CT molecular complexity index is 227. The predicted octanol–water partition coefficient (Wildman–Crippen LogP) is 1.42. The van der Waals surface area contributed by atoms with Crippen LogP contribution in [0.2, 0.25) is 0 Å². The van der Waals surface area contributed by atoms with Gasteiger partial charge in [-0.05, 0) is 44.8 Å². The van der Waals surface area contributed by atoms with E-state index in [4.69, 9.17) is 5.11 Å². The summed E-state index contributed by atoms with van der Waals surface area (Å²) in [6.07, 6.45) is 3.61. The van der Waals surface area contributed by atoms with Gasteiger partial charge in [0.1, 0.15) is 0 Å². The van der Waals surface area contributed by atoms with E-state index in [1.165, 1.54) is 12.8 Å². The van der Waals surface area contributed by atoms with E-state index >= 15 is 0 Å². The van der Waals surface area contributed by atoms with E-state index in [1.807, 2.05) is 0 Å². The maximum absolute atomic E-state index is 10.9. The Hall–Kier alpha value is -0.610. The molecule has 0 aromatic heterocycles. The van der Waals surface area contributed by atoms with Gasteiger partial charge in [0.2, 0.25) is 0 Å². The van der Waals surface area contributed by atoms with Crippen molar-refractivity contribution in [2.75, 3.05) is 32.7 Å². The number of piperidine rings is 1. The number of carbonyl (C=O) groups is 1. The van der Waals surface area contributed by atoms with Crippen LogP contribution in [0.5, 0.6) is 0 Å². The minimum atomic E-state index is -0.687. The van der Waals surface area contributed by atoms with Crippen molar-refractivity contribution in [3.63, 3.8) is 0 Å². The average Bonchev–Trinajstić information content (AvgIpc) is 2.30. The van der Waals surface area contributed by atoms with Gasteiger partial charge < -0.3 is 15.3 Å². The van der Waals surface area contributed by atoms with Gasteiger partial charge in [-0.2, -0.15) is 0 Å². The Morgan fingerprint density at radius 1 is 1.59 bits per heavy atom. The fraction of sp³-hybridized carbons (Fsp3) is 0.923. The molecule has 0 saturated carbocycles. The zero-order valence-corrected chi connectivity index (χ0v) is 11.1. The van der Waals surface area contributed by atoms with Crippen molar-refractivity contribution in [1.82, 2.24) is 10.2 Å². The monoisotopic (exact) mass is 242 g/mol. The molecule has 1 heterocycles. The minimum Gasteiger partial charge on any atom is -0.481 e. The first-order valence-electron chi connectivity index (χ1n) is 6.79. The highest BCUT2D eigenvalue weighted by atomic mass is 16.4. The number of nitrogens with zero attached hydrogens (tertiary/aromatic N) is 1. The third kappa shape index (κ3) is 5.50. The highest BCUT2D eigenvalue weighted by molar-refractivity contribution is 5.69. The fourth-order valence-corrected chi connectivity index (χ4v) is 2.48. The van der Waals surface area contributed by atoms with Crippen molar-refractivity contribution in [3.8, 4) is 0 Å². The Morgan fingerprint density at radius 3 is 2.88 bits per heavy atom. The Morgan fingerprint density at radius 2 is 2.35 bits per heavy atom. The second-order valence-corrected chi connectivity index (χ2v) is 5.21. The average molecular weight is 242 g/mol. The van der Waals surface area contributed by atoms with Crippen LogP contribution >= 0.6 is 0 Å². The molecule has 2 unspecified atom stereocenters. The summed E-state index contributed by atoms with van der Waals surface area (Å²) in [4.78, 5) is 13.2. The molecule has 2 N–H and O–H groups in total. The summed E-state index contributed by atoms with van der Waals surface area (Å²) in [6.45, 7) is 8.89. The quantitative estimate of drug-likeness (QED) is 0.709. The first-order valence-corrected chi connectivity index (χ1v) is 6.79. The summed E-state index contributed by atoms with van der Waals surface area (Å²) in [6, 6.07) is 0. The summed E-state index contributed by atoms with van der Waals surface area (Å²) >= 11 is 0. The molecule has 4 nitrogen and oxygen atoms in total. The number of carboxylic acids is 1. The second-order valence-electron chi connectivity index (χ2n) is 5.21. The second kappa shape index (κ2) is 7.67. The zero-order chi connectivity index (χ0) is 12.7. The van der Waals surface area contributed by atoms with Gasteiger partial charge >= 0.3 is 5.97 Å². The van der Waals surface area contributed by atoms with E-state index in [9.17, 15) is 4.79 Å². The molecule has 0 aromatic carbocycles. The lowest BCUT2D eigenvalue weighted by Gasteiger charge is -2.30. The molecule has 1 aliphatic heterocycles. The van der Waals surface area contributed by atoms with Crippen LogP contribution in [0.15, 0.2) is 0 Å². The maximum Gasteiger partial charge on any atom is 0.307 e. The van der Waals surface area contributed by atoms with Crippen LogP contribution in [0.3, 0.4) is 0 Å². The molecule has 0 bridgehead atoms. The lowest BCUT2D eigenvalue weighted by molar-refractivity contribution is -0.141. The molecule has 1 fully saturated rings. The van der Waals surface area contributed by atoms with E-state index < -0.39 is 5.97 Å². The van der Waals surface area contributed by atoms with E-state index in [0.29, 0.717) is 12.5 Å². The summed E-state index contributed by atoms with van der Waals surface area (Å²) in [5, 5.41) is 12.4. The van der Waals surface area contributed by atoms with Crippen LogP contribution in [0.4, 0.5) is 0 Å². The number of rotatable bonds is 7. The summed E-state index contributed by atoms with van der Waals surface area (Å²) in [7, 11) is 0. The molecule has 0 amide bonds. The number of hydrogen-bond acceptors (Lipinski definition) is 3. The molecule has 17 heavy (non-hydrogen) atoms. The highest BCUT2D eigenvalue weighted by Crippen LogP contribution is 2.13. The van der Waals surface area contributed by atoms with Crippen molar-refractivity contribution in [2.24, 2.45) is 11.8 Å². The standard InChI is InChI=1S/C13H26N2O2/c1-3-7-15(9-11(2)13(16)17)10-12-5-4-6-14-8-12/h11-12,14H,3-10H2,1-2H3,(H,16,17). The molecule has 0 aromatic rings. The summed E-state index contributed by atoms with van der Waals surface area (Å²) in [5.41, 5.74) is 0. The summed E-state index contributed by atoms with van der Waals surface area (Å²) < 4.78 is 0. The lowest BCUT2D eigenvalue weighted by atomic mass is 9.98. The van der Waals surface area contributed by atoms with Gasteiger partial charge in [0.05, 0.1) is 5.92 Å². The Balaban J connectivity index is 2.38. The van der Waals surface area contributed by atoms with Crippen molar-refractivity contribution >= 4 is 5.97 Å². The van der Waals surface area contributed by atoms with Crippen molar-refractivity contribution in [1.29, 1.82) is 0 Å². The zero-order valence-electron chi connectivity index (χ0n) is 11.1. The van der Waals surface area contributed by atoms with Gasteiger partial charge in [0.15, 0.2) is 0 Å². The van der Waals surface area contributed by atoms with Crippen LogP contribution in [0.1, 0.15) is 33.1 Å². The third-order valence-electron chi connectivity index (χ3n) is 3.41. The fourth-order valence-electron chi connectivity index (χ4n) is 2.48. The van der Waals surface area contributed by atoms with Crippen LogP contribution in [-0.2, 0) is 4.79 Å². The van der Waals surface area contributed by atoms with Crippen LogP contribution < -0.4 is 5.32 Å². The third-order valence-corrected chi connectivity index (χ3v) is 3.41. The van der Waals surface area contributed by atoms with E-state index in [1.54, 1.807) is 6.92 Å². The number of hydrogen-bond donors (Lipinski definition) is 2. The van der Waals surface area contributed by atoms with Gasteiger partial charge in [-0.15, -0.1) is 0 Å². The topological polar surface area (TPSA) is 52.6 Å². The number of carboxylic acid groups (broad SMARTS) is 1. The molecule has 0 spiro atoms. The van der Waals surface area contributed by atoms with Gasteiger partial charge in [0.25, 0.3) is 0 Å².